The van der Waals surface area contributed by atoms with E-state index in [2.05, 4.69) is 29.2 Å². The van der Waals surface area contributed by atoms with Gasteiger partial charge in [-0.25, -0.2) is 0 Å². The lowest BCUT2D eigenvalue weighted by Gasteiger charge is -2.27. The van der Waals surface area contributed by atoms with Gasteiger partial charge in [0, 0.05) is 18.5 Å². The van der Waals surface area contributed by atoms with Gasteiger partial charge in [-0.05, 0) is 42.7 Å². The summed E-state index contributed by atoms with van der Waals surface area (Å²) in [5.74, 6) is 1.03. The van der Waals surface area contributed by atoms with Crippen molar-refractivity contribution in [2.24, 2.45) is 5.73 Å². The quantitative estimate of drug-likeness (QED) is 0.902. The van der Waals surface area contributed by atoms with Gasteiger partial charge in [0.05, 0.1) is 6.04 Å². The number of rotatable bonds is 3. The molecular formula is C16H20N2O. The van der Waals surface area contributed by atoms with Gasteiger partial charge in [0.25, 0.3) is 0 Å². The molecule has 0 aromatic heterocycles. The number of likely N-dealkylation sites (tertiary alicyclic amines) is 1. The normalized spacial score (nSPS) is 31.0. The summed E-state index contributed by atoms with van der Waals surface area (Å²) in [5.41, 5.74) is 8.87. The van der Waals surface area contributed by atoms with Crippen LogP contribution in [0.2, 0.25) is 0 Å². The Balaban J connectivity index is 1.63. The summed E-state index contributed by atoms with van der Waals surface area (Å²) < 4.78 is 0. The van der Waals surface area contributed by atoms with Crippen LogP contribution >= 0.6 is 0 Å². The average molecular weight is 256 g/mol. The van der Waals surface area contributed by atoms with Gasteiger partial charge in [-0.2, -0.15) is 0 Å². The lowest BCUT2D eigenvalue weighted by Crippen LogP contribution is -2.34. The standard InChI is InChI=1S/C16H20N2O/c17-14-9-15(19)18(13-7-8-13)16(14)12-5-3-11(4-6-12)10-1-2-10/h3-6,10,13-14,16H,1-2,7-9,17H2. The highest BCUT2D eigenvalue weighted by Gasteiger charge is 2.45. The van der Waals surface area contributed by atoms with Gasteiger partial charge in [-0.3, -0.25) is 4.79 Å². The van der Waals surface area contributed by atoms with Crippen molar-refractivity contribution in [1.29, 1.82) is 0 Å². The highest BCUT2D eigenvalue weighted by Crippen LogP contribution is 2.43. The molecule has 1 aromatic rings. The summed E-state index contributed by atoms with van der Waals surface area (Å²) in [6.45, 7) is 0. The Morgan fingerprint density at radius 1 is 1.00 bits per heavy atom. The number of carbonyl (C=O) groups is 1. The fraction of sp³-hybridized carbons (Fsp3) is 0.562. The van der Waals surface area contributed by atoms with Crippen molar-refractivity contribution in [3.8, 4) is 0 Å². The third kappa shape index (κ3) is 1.96. The first-order chi connectivity index (χ1) is 9.24. The molecule has 1 aliphatic heterocycles. The summed E-state index contributed by atoms with van der Waals surface area (Å²) in [4.78, 5) is 14.1. The maximum atomic E-state index is 12.1. The van der Waals surface area contributed by atoms with E-state index in [1.54, 1.807) is 0 Å². The number of hydrogen-bond acceptors (Lipinski definition) is 2. The molecule has 3 nitrogen and oxygen atoms in total. The zero-order valence-corrected chi connectivity index (χ0v) is 11.1. The fourth-order valence-corrected chi connectivity index (χ4v) is 3.35. The van der Waals surface area contributed by atoms with Crippen LogP contribution in [-0.2, 0) is 4.79 Å². The number of hydrogen-bond donors (Lipinski definition) is 1. The Labute approximate surface area is 113 Å². The van der Waals surface area contributed by atoms with E-state index < -0.39 is 0 Å². The van der Waals surface area contributed by atoms with Gasteiger partial charge in [-0.15, -0.1) is 0 Å². The first-order valence-electron chi connectivity index (χ1n) is 7.40. The van der Waals surface area contributed by atoms with Crippen molar-refractivity contribution < 1.29 is 4.79 Å². The minimum absolute atomic E-state index is 0.0418. The third-order valence-corrected chi connectivity index (χ3v) is 4.67. The second kappa shape index (κ2) is 4.07. The first kappa shape index (κ1) is 11.5. The predicted molar refractivity (Wildman–Crippen MR) is 73.6 cm³/mol. The molecule has 100 valence electrons. The van der Waals surface area contributed by atoms with E-state index >= 15 is 0 Å². The molecule has 1 aromatic carbocycles. The zero-order valence-electron chi connectivity index (χ0n) is 11.1. The van der Waals surface area contributed by atoms with Crippen molar-refractivity contribution in [3.63, 3.8) is 0 Å². The van der Waals surface area contributed by atoms with Gasteiger partial charge < -0.3 is 10.6 Å². The van der Waals surface area contributed by atoms with Gasteiger partial charge >= 0.3 is 0 Å². The summed E-state index contributed by atoms with van der Waals surface area (Å²) in [5, 5.41) is 0. The number of carbonyl (C=O) groups excluding carboxylic acids is 1. The Hall–Kier alpha value is -1.35. The molecule has 19 heavy (non-hydrogen) atoms. The Morgan fingerprint density at radius 2 is 1.63 bits per heavy atom. The van der Waals surface area contributed by atoms with E-state index in [0.29, 0.717) is 12.5 Å². The monoisotopic (exact) mass is 256 g/mol. The van der Waals surface area contributed by atoms with Crippen molar-refractivity contribution in [1.82, 2.24) is 4.90 Å². The summed E-state index contributed by atoms with van der Waals surface area (Å²) in [6, 6.07) is 9.35. The minimum atomic E-state index is -0.0418. The molecule has 2 saturated carbocycles. The first-order valence-corrected chi connectivity index (χ1v) is 7.40. The molecule has 3 heteroatoms. The molecule has 2 atom stereocenters. The third-order valence-electron chi connectivity index (χ3n) is 4.67. The van der Waals surface area contributed by atoms with E-state index in [0.717, 1.165) is 18.8 Å². The zero-order chi connectivity index (χ0) is 13.0. The van der Waals surface area contributed by atoms with Crippen LogP contribution in [0.1, 0.15) is 55.2 Å². The second-order valence-electron chi connectivity index (χ2n) is 6.29. The Morgan fingerprint density at radius 3 is 2.21 bits per heavy atom. The maximum absolute atomic E-state index is 12.1. The van der Waals surface area contributed by atoms with E-state index in [1.807, 2.05) is 0 Å². The van der Waals surface area contributed by atoms with Crippen LogP contribution < -0.4 is 5.73 Å². The van der Waals surface area contributed by atoms with Crippen molar-refractivity contribution in [3.05, 3.63) is 35.4 Å². The summed E-state index contributed by atoms with van der Waals surface area (Å²) >= 11 is 0. The van der Waals surface area contributed by atoms with E-state index in [1.165, 1.54) is 24.0 Å². The molecule has 2 N–H and O–H groups in total. The number of nitrogens with zero attached hydrogens (tertiary/aromatic N) is 1. The van der Waals surface area contributed by atoms with E-state index in [-0.39, 0.29) is 18.0 Å². The molecule has 2 aliphatic carbocycles. The van der Waals surface area contributed by atoms with E-state index in [4.69, 9.17) is 5.73 Å². The molecule has 1 heterocycles. The summed E-state index contributed by atoms with van der Waals surface area (Å²) in [6.07, 6.45) is 5.46. The van der Waals surface area contributed by atoms with Crippen LogP contribution in [0.5, 0.6) is 0 Å². The molecule has 0 bridgehead atoms. The molecule has 2 unspecified atom stereocenters. The molecule has 1 saturated heterocycles. The molecule has 3 fully saturated rings. The highest BCUT2D eigenvalue weighted by atomic mass is 16.2. The SMILES string of the molecule is NC1CC(=O)N(C2CC2)C1c1ccc(C2CC2)cc1. The van der Waals surface area contributed by atoms with Crippen LogP contribution in [0.3, 0.4) is 0 Å². The van der Waals surface area contributed by atoms with Crippen LogP contribution in [0, 0.1) is 0 Å². The van der Waals surface area contributed by atoms with Gasteiger partial charge in [-0.1, -0.05) is 24.3 Å². The Bertz CT molecular complexity index is 502. The highest BCUT2D eigenvalue weighted by molar-refractivity contribution is 5.81. The Kier molecular flexibility index (Phi) is 2.46. The maximum Gasteiger partial charge on any atom is 0.225 e. The predicted octanol–water partition coefficient (Wildman–Crippen LogP) is 2.33. The van der Waals surface area contributed by atoms with Gasteiger partial charge in [0.2, 0.25) is 5.91 Å². The second-order valence-corrected chi connectivity index (χ2v) is 6.29. The lowest BCUT2D eigenvalue weighted by atomic mass is 9.98. The topological polar surface area (TPSA) is 46.3 Å². The van der Waals surface area contributed by atoms with E-state index in [9.17, 15) is 4.79 Å². The molecule has 3 aliphatic rings. The molecule has 0 spiro atoms. The molecular weight excluding hydrogens is 236 g/mol. The van der Waals surface area contributed by atoms with Crippen molar-refractivity contribution in [2.45, 2.75) is 56.1 Å². The number of amides is 1. The van der Waals surface area contributed by atoms with Crippen LogP contribution in [0.25, 0.3) is 0 Å². The number of nitrogens with two attached hydrogens (primary N) is 1. The smallest absolute Gasteiger partial charge is 0.225 e. The van der Waals surface area contributed by atoms with Crippen molar-refractivity contribution >= 4 is 5.91 Å². The van der Waals surface area contributed by atoms with Crippen molar-refractivity contribution in [2.75, 3.05) is 0 Å². The van der Waals surface area contributed by atoms with Gasteiger partial charge in [0.1, 0.15) is 0 Å². The fourth-order valence-electron chi connectivity index (χ4n) is 3.35. The minimum Gasteiger partial charge on any atom is -0.331 e. The summed E-state index contributed by atoms with van der Waals surface area (Å²) in [7, 11) is 0. The van der Waals surface area contributed by atoms with Gasteiger partial charge in [0.15, 0.2) is 0 Å². The molecule has 1 amide bonds. The number of benzene rings is 1. The largest absolute Gasteiger partial charge is 0.331 e. The van der Waals surface area contributed by atoms with Crippen LogP contribution in [0.4, 0.5) is 0 Å². The lowest BCUT2D eigenvalue weighted by molar-refractivity contribution is -0.129. The van der Waals surface area contributed by atoms with Crippen LogP contribution in [0.15, 0.2) is 24.3 Å². The molecule has 0 radical (unpaired) electrons. The van der Waals surface area contributed by atoms with Crippen LogP contribution in [-0.4, -0.2) is 22.9 Å². The average Bonchev–Trinajstić information content (AvgIpc) is 3.27. The molecule has 4 rings (SSSR count).